The Hall–Kier alpha value is -2.40. The van der Waals surface area contributed by atoms with Crippen LogP contribution in [0.5, 0.6) is 0 Å². The highest BCUT2D eigenvalue weighted by atomic mass is 32.2. The Labute approximate surface area is 122 Å². The minimum absolute atomic E-state index is 0.312. The molecule has 0 bridgehead atoms. The molecule has 0 radical (unpaired) electrons. The van der Waals surface area contributed by atoms with Crippen molar-refractivity contribution in [2.45, 2.75) is 4.90 Å². The molecule has 0 aromatic carbocycles. The summed E-state index contributed by atoms with van der Waals surface area (Å²) in [5.41, 5.74) is -0.977. The molecule has 2 heterocycles. The van der Waals surface area contributed by atoms with Crippen LogP contribution in [0.4, 0.5) is 18.9 Å². The lowest BCUT2D eigenvalue weighted by Crippen LogP contribution is -2.18. The molecule has 0 spiro atoms. The van der Waals surface area contributed by atoms with E-state index in [9.17, 15) is 26.4 Å². The summed E-state index contributed by atoms with van der Waals surface area (Å²) < 4.78 is 63.1. The molecular weight excluding hydrogens is 325 g/mol. The number of rotatable bonds is 3. The highest BCUT2D eigenvalue weighted by Crippen LogP contribution is 2.20. The Balaban J connectivity index is 2.40. The summed E-state index contributed by atoms with van der Waals surface area (Å²) in [7, 11) is -3.15. The number of carbonyl (C=O) groups excluding carboxylic acids is 1. The van der Waals surface area contributed by atoms with Crippen LogP contribution in [0.3, 0.4) is 0 Å². The van der Waals surface area contributed by atoms with Gasteiger partial charge in [-0.1, -0.05) is 0 Å². The van der Waals surface area contributed by atoms with Gasteiger partial charge in [0.2, 0.25) is 21.9 Å². The maximum Gasteiger partial charge on any atom is 0.275 e. The molecular formula is C11H9F3N4O3S. The van der Waals surface area contributed by atoms with Crippen LogP contribution in [0, 0.1) is 17.7 Å². The fraction of sp³-hybridized carbons (Fsp3) is 0.0909. The Kier molecular flexibility index (Phi) is 3.94. The lowest BCUT2D eigenvalue weighted by atomic mass is 10.3. The van der Waals surface area contributed by atoms with E-state index < -0.39 is 44.2 Å². The Morgan fingerprint density at radius 1 is 1.27 bits per heavy atom. The predicted octanol–water partition coefficient (Wildman–Crippen LogP) is 0.737. The number of hydrogen-bond donors (Lipinski definition) is 2. The number of halogens is 3. The average Bonchev–Trinajstić information content (AvgIpc) is 2.63. The van der Waals surface area contributed by atoms with Gasteiger partial charge in [0.15, 0.2) is 5.82 Å². The number of sulfonamides is 1. The van der Waals surface area contributed by atoms with E-state index in [4.69, 9.17) is 5.14 Å². The third kappa shape index (κ3) is 3.09. The van der Waals surface area contributed by atoms with Gasteiger partial charge in [-0.15, -0.1) is 0 Å². The number of nitrogens with one attached hydrogen (secondary N) is 1. The van der Waals surface area contributed by atoms with Crippen LogP contribution < -0.4 is 10.5 Å². The topological polar surface area (TPSA) is 107 Å². The first-order chi connectivity index (χ1) is 10.1. The van der Waals surface area contributed by atoms with Crippen molar-refractivity contribution in [3.63, 3.8) is 0 Å². The normalized spacial score (nSPS) is 11.5. The van der Waals surface area contributed by atoms with Gasteiger partial charge >= 0.3 is 0 Å². The van der Waals surface area contributed by atoms with E-state index in [1.807, 2.05) is 5.32 Å². The zero-order chi connectivity index (χ0) is 16.7. The quantitative estimate of drug-likeness (QED) is 0.807. The standard InChI is InChI=1S/C11H9F3N4O3S/c1-18-4-6(22(15,20)21)9(14)10(18)11(19)16-5-2-7(12)17-8(13)3-5/h2-4H,1H3,(H2,15,20,21)(H,16,17,19). The Morgan fingerprint density at radius 2 is 1.82 bits per heavy atom. The average molecular weight is 334 g/mol. The summed E-state index contributed by atoms with van der Waals surface area (Å²) in [5, 5.41) is 6.84. The number of amides is 1. The highest BCUT2D eigenvalue weighted by Gasteiger charge is 2.26. The number of nitrogens with two attached hydrogens (primary N) is 1. The SMILES string of the molecule is Cn1cc(S(N)(=O)=O)c(F)c1C(=O)Nc1cc(F)nc(F)c1. The summed E-state index contributed by atoms with van der Waals surface area (Å²) in [6.07, 6.45) is 0.813. The summed E-state index contributed by atoms with van der Waals surface area (Å²) in [6, 6.07) is 1.42. The monoisotopic (exact) mass is 334 g/mol. The molecule has 2 aromatic rings. The second-order valence-corrected chi connectivity index (χ2v) is 5.80. The molecule has 0 atom stereocenters. The van der Waals surface area contributed by atoms with Crippen molar-refractivity contribution in [2.75, 3.05) is 5.32 Å². The molecule has 0 aliphatic rings. The molecule has 1 amide bonds. The number of hydrogen-bond acceptors (Lipinski definition) is 4. The highest BCUT2D eigenvalue weighted by molar-refractivity contribution is 7.89. The van der Waals surface area contributed by atoms with Crippen molar-refractivity contribution >= 4 is 21.6 Å². The van der Waals surface area contributed by atoms with Gasteiger partial charge in [0.25, 0.3) is 5.91 Å². The van der Waals surface area contributed by atoms with Crippen molar-refractivity contribution in [1.29, 1.82) is 0 Å². The lowest BCUT2D eigenvalue weighted by Gasteiger charge is -2.06. The molecule has 22 heavy (non-hydrogen) atoms. The molecule has 118 valence electrons. The minimum Gasteiger partial charge on any atom is -0.343 e. The lowest BCUT2D eigenvalue weighted by molar-refractivity contribution is 0.101. The third-order valence-corrected chi connectivity index (χ3v) is 3.53. The van der Waals surface area contributed by atoms with E-state index in [1.54, 1.807) is 0 Å². The Bertz CT molecular complexity index is 843. The van der Waals surface area contributed by atoms with E-state index >= 15 is 0 Å². The zero-order valence-corrected chi connectivity index (χ0v) is 11.8. The minimum atomic E-state index is -4.36. The van der Waals surface area contributed by atoms with E-state index in [-0.39, 0.29) is 5.69 Å². The molecule has 0 fully saturated rings. The number of nitrogens with zero attached hydrogens (tertiary/aromatic N) is 2. The van der Waals surface area contributed by atoms with Crippen LogP contribution in [-0.4, -0.2) is 23.9 Å². The second kappa shape index (κ2) is 5.42. The van der Waals surface area contributed by atoms with Crippen molar-refractivity contribution in [3.8, 4) is 0 Å². The first-order valence-corrected chi connectivity index (χ1v) is 7.16. The van der Waals surface area contributed by atoms with Crippen molar-refractivity contribution < 1.29 is 26.4 Å². The molecule has 3 N–H and O–H groups in total. The van der Waals surface area contributed by atoms with E-state index in [2.05, 4.69) is 4.98 Å². The number of aromatic nitrogens is 2. The van der Waals surface area contributed by atoms with Gasteiger partial charge in [-0.25, -0.2) is 17.9 Å². The molecule has 0 saturated carbocycles. The van der Waals surface area contributed by atoms with Crippen LogP contribution in [0.15, 0.2) is 23.2 Å². The maximum atomic E-state index is 14.0. The van der Waals surface area contributed by atoms with Crippen LogP contribution in [-0.2, 0) is 17.1 Å². The van der Waals surface area contributed by atoms with Crippen LogP contribution in [0.25, 0.3) is 0 Å². The second-order valence-electron chi connectivity index (χ2n) is 4.27. The number of pyridine rings is 1. The summed E-state index contributed by atoms with van der Waals surface area (Å²) >= 11 is 0. The van der Waals surface area contributed by atoms with Gasteiger partial charge < -0.3 is 9.88 Å². The van der Waals surface area contributed by atoms with Crippen molar-refractivity contribution in [1.82, 2.24) is 9.55 Å². The fourth-order valence-electron chi connectivity index (χ4n) is 1.75. The van der Waals surface area contributed by atoms with Crippen LogP contribution >= 0.6 is 0 Å². The third-order valence-electron chi connectivity index (χ3n) is 2.63. The molecule has 11 heteroatoms. The van der Waals surface area contributed by atoms with Gasteiger partial charge in [0, 0.05) is 25.4 Å². The predicted molar refractivity (Wildman–Crippen MR) is 68.9 cm³/mol. The molecule has 7 nitrogen and oxygen atoms in total. The molecule has 0 aliphatic carbocycles. The zero-order valence-electron chi connectivity index (χ0n) is 11.0. The van der Waals surface area contributed by atoms with Crippen molar-refractivity contribution in [3.05, 3.63) is 41.7 Å². The Morgan fingerprint density at radius 3 is 2.27 bits per heavy atom. The molecule has 0 saturated heterocycles. The smallest absolute Gasteiger partial charge is 0.275 e. The van der Waals surface area contributed by atoms with Gasteiger partial charge in [-0.05, 0) is 0 Å². The first-order valence-electron chi connectivity index (χ1n) is 5.61. The maximum absolute atomic E-state index is 14.0. The molecule has 2 rings (SSSR count). The first kappa shape index (κ1) is 16.0. The number of anilines is 1. The largest absolute Gasteiger partial charge is 0.343 e. The van der Waals surface area contributed by atoms with E-state index in [1.165, 1.54) is 7.05 Å². The summed E-state index contributed by atoms with van der Waals surface area (Å²) in [6.45, 7) is 0. The fourth-order valence-corrected chi connectivity index (χ4v) is 2.41. The number of primary sulfonamides is 1. The van der Waals surface area contributed by atoms with Gasteiger partial charge in [-0.2, -0.15) is 13.8 Å². The van der Waals surface area contributed by atoms with E-state index in [0.29, 0.717) is 12.1 Å². The number of aryl methyl sites for hydroxylation is 1. The number of carbonyl (C=O) groups is 1. The van der Waals surface area contributed by atoms with Gasteiger partial charge in [-0.3, -0.25) is 4.79 Å². The summed E-state index contributed by atoms with van der Waals surface area (Å²) in [4.78, 5) is 13.9. The molecule has 0 unspecified atom stereocenters. The van der Waals surface area contributed by atoms with Crippen LogP contribution in [0.2, 0.25) is 0 Å². The molecule has 0 aliphatic heterocycles. The van der Waals surface area contributed by atoms with E-state index in [0.717, 1.165) is 10.8 Å². The van der Waals surface area contributed by atoms with Gasteiger partial charge in [0.1, 0.15) is 10.6 Å². The van der Waals surface area contributed by atoms with Crippen molar-refractivity contribution in [2.24, 2.45) is 12.2 Å². The van der Waals surface area contributed by atoms with Gasteiger partial charge in [0.05, 0.1) is 5.69 Å². The summed E-state index contributed by atoms with van der Waals surface area (Å²) in [5.74, 6) is -4.85. The molecule has 2 aromatic heterocycles. The van der Waals surface area contributed by atoms with Crippen LogP contribution in [0.1, 0.15) is 10.5 Å².